The summed E-state index contributed by atoms with van der Waals surface area (Å²) in [7, 11) is 0. The summed E-state index contributed by atoms with van der Waals surface area (Å²) in [5.74, 6) is 2.03. The van der Waals surface area contributed by atoms with Crippen molar-refractivity contribution in [1.29, 1.82) is 0 Å². The molecule has 3 aromatic carbocycles. The van der Waals surface area contributed by atoms with E-state index < -0.39 is 6.03 Å². The van der Waals surface area contributed by atoms with Gasteiger partial charge in [-0.2, -0.15) is 5.10 Å². The van der Waals surface area contributed by atoms with Gasteiger partial charge in [-0.15, -0.1) is 0 Å². The van der Waals surface area contributed by atoms with E-state index in [-0.39, 0.29) is 6.10 Å². The van der Waals surface area contributed by atoms with Crippen LogP contribution < -0.4 is 20.5 Å². The molecule has 2 amide bonds. The molecule has 2 heterocycles. The highest BCUT2D eigenvalue weighted by Crippen LogP contribution is 2.38. The van der Waals surface area contributed by atoms with Crippen LogP contribution in [0.15, 0.2) is 60.7 Å². The highest BCUT2D eigenvalue weighted by Gasteiger charge is 2.28. The Labute approximate surface area is 258 Å². The Bertz CT molecular complexity index is 1600. The van der Waals surface area contributed by atoms with Gasteiger partial charge in [0.25, 0.3) is 0 Å². The van der Waals surface area contributed by atoms with Crippen LogP contribution in [0.1, 0.15) is 50.1 Å². The summed E-state index contributed by atoms with van der Waals surface area (Å²) < 4.78 is 14.5. The fourth-order valence-corrected chi connectivity index (χ4v) is 5.63. The third-order valence-electron chi connectivity index (χ3n) is 7.30. The number of rotatable bonds is 10. The molecule has 4 aromatic rings. The molecule has 8 nitrogen and oxygen atoms in total. The number of nitrogens with one attached hydrogen (secondary N) is 1. The van der Waals surface area contributed by atoms with E-state index in [1.807, 2.05) is 73.1 Å². The maximum absolute atomic E-state index is 11.4. The minimum atomic E-state index is -0.598. The van der Waals surface area contributed by atoms with E-state index in [0.717, 1.165) is 63.8 Å². The van der Waals surface area contributed by atoms with Gasteiger partial charge in [-0.05, 0) is 68.7 Å². The average Bonchev–Trinajstić information content (AvgIpc) is 3.31. The quantitative estimate of drug-likeness (QED) is 0.198. The van der Waals surface area contributed by atoms with Gasteiger partial charge in [0.1, 0.15) is 17.2 Å². The zero-order chi connectivity index (χ0) is 30.7. The van der Waals surface area contributed by atoms with Crippen LogP contribution in [0.5, 0.6) is 11.5 Å². The maximum atomic E-state index is 11.4. The Kier molecular flexibility index (Phi) is 9.28. The van der Waals surface area contributed by atoms with Crippen molar-refractivity contribution < 1.29 is 14.3 Å². The first-order valence-electron chi connectivity index (χ1n) is 14.8. The second-order valence-corrected chi connectivity index (χ2v) is 12.2. The van der Waals surface area contributed by atoms with Crippen LogP contribution in [0.25, 0.3) is 16.9 Å². The van der Waals surface area contributed by atoms with Crippen molar-refractivity contribution in [2.45, 2.75) is 60.2 Å². The number of carbonyl (C=O) groups is 1. The Balaban J connectivity index is 1.58. The molecule has 43 heavy (non-hydrogen) atoms. The van der Waals surface area contributed by atoms with Crippen molar-refractivity contribution >= 4 is 23.3 Å². The van der Waals surface area contributed by atoms with E-state index in [1.54, 1.807) is 0 Å². The van der Waals surface area contributed by atoms with Crippen molar-refractivity contribution in [3.63, 3.8) is 0 Å². The topological polar surface area (TPSA) is 94.6 Å². The molecule has 0 aliphatic carbocycles. The minimum absolute atomic E-state index is 0.0611. The van der Waals surface area contributed by atoms with Gasteiger partial charge in [0, 0.05) is 53.5 Å². The molecule has 0 fully saturated rings. The molecule has 1 aliphatic heterocycles. The molecule has 0 saturated heterocycles. The number of nitrogens with zero attached hydrogens (tertiary/aromatic N) is 3. The number of para-hydroxylation sites is 1. The van der Waals surface area contributed by atoms with Crippen LogP contribution in [-0.4, -0.2) is 40.0 Å². The number of aromatic nitrogens is 2. The van der Waals surface area contributed by atoms with Gasteiger partial charge >= 0.3 is 6.03 Å². The summed E-state index contributed by atoms with van der Waals surface area (Å²) >= 11 is 6.41. The lowest BCUT2D eigenvalue weighted by Gasteiger charge is -2.28. The summed E-state index contributed by atoms with van der Waals surface area (Å²) in [6.45, 7) is 13.3. The molecule has 0 spiro atoms. The molecular weight excluding hydrogens is 562 g/mol. The van der Waals surface area contributed by atoms with Crippen LogP contribution in [0.3, 0.4) is 0 Å². The number of benzene rings is 3. The van der Waals surface area contributed by atoms with E-state index in [0.29, 0.717) is 36.3 Å². The van der Waals surface area contributed by atoms with Crippen LogP contribution in [0.4, 0.5) is 10.5 Å². The lowest BCUT2D eigenvalue weighted by molar-refractivity contribution is 0.219. The van der Waals surface area contributed by atoms with Gasteiger partial charge in [-0.1, -0.05) is 49.7 Å². The number of amides is 2. The van der Waals surface area contributed by atoms with E-state index in [1.165, 1.54) is 0 Å². The number of carbonyl (C=O) groups excluding carboxylic acids is 1. The number of urea groups is 1. The SMILES string of the molecule is Cc1cccc(OCC(C)C)c1-n1nc2c(c1-c1ccc(NC(N)=O)cc1)CN(Cc1cc(Cl)ccc1OC(C)C)CC2. The second-order valence-electron chi connectivity index (χ2n) is 11.8. The number of ether oxygens (including phenoxy) is 2. The van der Waals surface area contributed by atoms with Gasteiger partial charge in [-0.25, -0.2) is 9.48 Å². The zero-order valence-electron chi connectivity index (χ0n) is 25.5. The Morgan fingerprint density at radius 3 is 2.53 bits per heavy atom. The summed E-state index contributed by atoms with van der Waals surface area (Å²) in [5, 5.41) is 8.55. The molecule has 226 valence electrons. The van der Waals surface area contributed by atoms with Crippen molar-refractivity contribution in [1.82, 2.24) is 14.7 Å². The monoisotopic (exact) mass is 601 g/mol. The van der Waals surface area contributed by atoms with Gasteiger partial charge in [0.05, 0.1) is 24.1 Å². The predicted octanol–water partition coefficient (Wildman–Crippen LogP) is 7.37. The number of aryl methyl sites for hydroxylation is 1. The van der Waals surface area contributed by atoms with E-state index in [2.05, 4.69) is 37.1 Å². The third-order valence-corrected chi connectivity index (χ3v) is 7.54. The first-order chi connectivity index (χ1) is 20.6. The highest BCUT2D eigenvalue weighted by molar-refractivity contribution is 6.30. The summed E-state index contributed by atoms with van der Waals surface area (Å²) in [5.41, 5.74) is 13.3. The summed E-state index contributed by atoms with van der Waals surface area (Å²) in [6.07, 6.45) is 0.858. The van der Waals surface area contributed by atoms with Gasteiger partial charge in [-0.3, -0.25) is 4.90 Å². The maximum Gasteiger partial charge on any atom is 0.316 e. The Hall–Kier alpha value is -4.01. The number of fused-ring (bicyclic) bond motifs is 1. The number of hydrogen-bond acceptors (Lipinski definition) is 5. The molecule has 5 rings (SSSR count). The van der Waals surface area contributed by atoms with E-state index in [9.17, 15) is 4.79 Å². The molecule has 3 N–H and O–H groups in total. The lowest BCUT2D eigenvalue weighted by atomic mass is 9.99. The Morgan fingerprint density at radius 1 is 1.07 bits per heavy atom. The lowest BCUT2D eigenvalue weighted by Crippen LogP contribution is -2.30. The molecule has 9 heteroatoms. The van der Waals surface area contributed by atoms with Crippen molar-refractivity contribution in [3.05, 3.63) is 88.1 Å². The van der Waals surface area contributed by atoms with E-state index >= 15 is 0 Å². The molecule has 0 unspecified atom stereocenters. The first-order valence-corrected chi connectivity index (χ1v) is 15.1. The number of primary amides is 1. The Morgan fingerprint density at radius 2 is 1.84 bits per heavy atom. The first kappa shape index (κ1) is 30.4. The van der Waals surface area contributed by atoms with Gasteiger partial charge < -0.3 is 20.5 Å². The molecule has 0 bridgehead atoms. The fourth-order valence-electron chi connectivity index (χ4n) is 5.43. The minimum Gasteiger partial charge on any atom is -0.491 e. The standard InChI is InChI=1S/C34H40ClN5O3/c1-21(2)20-42-31-8-6-7-23(5)32(31)40-33(24-9-12-27(13-10-24)37-34(36)41)28-19-39(16-15-29(28)38-40)18-25-17-26(35)11-14-30(25)43-22(3)4/h6-14,17,21-22H,15-16,18-20H2,1-5H3,(H3,36,37,41). The van der Waals surface area contributed by atoms with Crippen molar-refractivity contribution in [2.24, 2.45) is 11.7 Å². The zero-order valence-corrected chi connectivity index (χ0v) is 26.2. The summed E-state index contributed by atoms with van der Waals surface area (Å²) in [4.78, 5) is 13.9. The number of nitrogens with two attached hydrogens (primary N) is 1. The molecule has 1 aromatic heterocycles. The smallest absolute Gasteiger partial charge is 0.316 e. The van der Waals surface area contributed by atoms with Crippen molar-refractivity contribution in [3.8, 4) is 28.4 Å². The molecular formula is C34H40ClN5O3. The van der Waals surface area contributed by atoms with Crippen LogP contribution in [0.2, 0.25) is 5.02 Å². The van der Waals surface area contributed by atoms with Gasteiger partial charge in [0.2, 0.25) is 0 Å². The van der Waals surface area contributed by atoms with Crippen LogP contribution in [0, 0.1) is 12.8 Å². The summed E-state index contributed by atoms with van der Waals surface area (Å²) in [6, 6.07) is 19.1. The van der Waals surface area contributed by atoms with E-state index in [4.69, 9.17) is 31.9 Å². The normalized spacial score (nSPS) is 13.3. The fraction of sp³-hybridized carbons (Fsp3) is 0.353. The third kappa shape index (κ3) is 7.14. The largest absolute Gasteiger partial charge is 0.491 e. The number of hydrogen-bond donors (Lipinski definition) is 2. The molecule has 1 aliphatic rings. The highest BCUT2D eigenvalue weighted by atomic mass is 35.5. The molecule has 0 radical (unpaired) electrons. The predicted molar refractivity (Wildman–Crippen MR) is 172 cm³/mol. The number of anilines is 1. The van der Waals surface area contributed by atoms with Gasteiger partial charge in [0.15, 0.2) is 0 Å². The number of halogens is 1. The van der Waals surface area contributed by atoms with Crippen molar-refractivity contribution in [2.75, 3.05) is 18.5 Å². The average molecular weight is 602 g/mol. The molecule has 0 atom stereocenters. The van der Waals surface area contributed by atoms with Crippen LogP contribution in [-0.2, 0) is 19.5 Å². The second kappa shape index (κ2) is 13.1. The molecule has 0 saturated carbocycles. The van der Waals surface area contributed by atoms with Crippen LogP contribution >= 0.6 is 11.6 Å².